The van der Waals surface area contributed by atoms with Gasteiger partial charge in [0.15, 0.2) is 5.78 Å². The van der Waals surface area contributed by atoms with Gasteiger partial charge < -0.3 is 26.0 Å². The van der Waals surface area contributed by atoms with E-state index in [2.05, 4.69) is 25.4 Å². The molecule has 0 spiro atoms. The Morgan fingerprint density at radius 1 is 0.885 bits per heavy atom. The Morgan fingerprint density at radius 2 is 1.63 bits per heavy atom. The first kappa shape index (κ1) is 37.0. The van der Waals surface area contributed by atoms with Crippen molar-refractivity contribution in [1.29, 1.82) is 0 Å². The van der Waals surface area contributed by atoms with Crippen LogP contribution in [0.1, 0.15) is 64.4 Å². The molecule has 3 heterocycles. The molecule has 1 amide bonds. The van der Waals surface area contributed by atoms with Gasteiger partial charge in [-0.15, -0.1) is 0 Å². The monoisotopic (exact) mass is 714 g/mol. The van der Waals surface area contributed by atoms with E-state index in [1.807, 2.05) is 24.3 Å². The molecule has 2 aliphatic heterocycles. The van der Waals surface area contributed by atoms with E-state index in [4.69, 9.17) is 10.5 Å². The third kappa shape index (κ3) is 9.36. The number of morpholine rings is 1. The van der Waals surface area contributed by atoms with Crippen molar-refractivity contribution in [2.45, 2.75) is 50.9 Å². The number of amides is 1. The highest BCUT2D eigenvalue weighted by Gasteiger charge is 2.31. The summed E-state index contributed by atoms with van der Waals surface area (Å²) in [5, 5.41) is 6.26. The van der Waals surface area contributed by atoms with E-state index in [0.717, 1.165) is 56.8 Å². The number of nitrogens with one attached hydrogen (secondary N) is 2. The summed E-state index contributed by atoms with van der Waals surface area (Å²) in [5.41, 5.74) is 9.33. The smallest absolute Gasteiger partial charge is 0.381 e. The molecule has 4 N–H and O–H groups in total. The summed E-state index contributed by atoms with van der Waals surface area (Å²) in [4.78, 5) is 36.5. The van der Waals surface area contributed by atoms with E-state index in [0.29, 0.717) is 65.5 Å². The molecule has 0 saturated carbocycles. The first-order chi connectivity index (χ1) is 25.0. The molecule has 0 aliphatic carbocycles. The lowest BCUT2D eigenvalue weighted by molar-refractivity contribution is -0.137. The quantitative estimate of drug-likeness (QED) is 0.132. The van der Waals surface area contributed by atoms with Crippen LogP contribution in [0.5, 0.6) is 0 Å². The van der Waals surface area contributed by atoms with Crippen LogP contribution >= 0.6 is 0 Å². The molecule has 2 saturated heterocycles. The predicted octanol–water partition coefficient (Wildman–Crippen LogP) is 7.24. The average Bonchev–Trinajstić information content (AvgIpc) is 3.17. The van der Waals surface area contributed by atoms with E-state index >= 15 is 0 Å². The van der Waals surface area contributed by atoms with Crippen molar-refractivity contribution in [3.63, 3.8) is 0 Å². The Labute approximate surface area is 302 Å². The Hall–Kier alpha value is -4.78. The fourth-order valence-corrected chi connectivity index (χ4v) is 6.61. The van der Waals surface area contributed by atoms with Crippen molar-refractivity contribution in [2.24, 2.45) is 5.73 Å². The molecule has 52 heavy (non-hydrogen) atoms. The molecule has 12 heteroatoms. The van der Waals surface area contributed by atoms with E-state index in [1.54, 1.807) is 49.5 Å². The van der Waals surface area contributed by atoms with E-state index < -0.39 is 23.2 Å². The van der Waals surface area contributed by atoms with Crippen LogP contribution < -0.4 is 21.3 Å². The molecule has 1 unspecified atom stereocenters. The van der Waals surface area contributed by atoms with Crippen molar-refractivity contribution in [3.05, 3.63) is 107 Å². The number of ether oxygens (including phenoxy) is 1. The highest BCUT2D eigenvalue weighted by atomic mass is 19.4. The molecule has 2 aliphatic rings. The van der Waals surface area contributed by atoms with Crippen molar-refractivity contribution < 1.29 is 27.5 Å². The Balaban J connectivity index is 1.22. The molecule has 3 aromatic carbocycles. The Bertz CT molecular complexity index is 1870. The minimum atomic E-state index is -4.43. The predicted molar refractivity (Wildman–Crippen MR) is 198 cm³/mol. The first-order valence-corrected chi connectivity index (χ1v) is 17.8. The molecule has 1 aromatic heterocycles. The first-order valence-electron chi connectivity index (χ1n) is 17.8. The summed E-state index contributed by atoms with van der Waals surface area (Å²) < 4.78 is 45.3. The molecule has 274 valence electrons. The van der Waals surface area contributed by atoms with Crippen molar-refractivity contribution >= 4 is 28.8 Å². The maximum atomic E-state index is 13.8. The van der Waals surface area contributed by atoms with Gasteiger partial charge in [0.25, 0.3) is 5.91 Å². The summed E-state index contributed by atoms with van der Waals surface area (Å²) in [6.45, 7) is 7.36. The summed E-state index contributed by atoms with van der Waals surface area (Å²) in [5.74, 6) is -0.631. The van der Waals surface area contributed by atoms with Crippen LogP contribution in [-0.4, -0.2) is 73.1 Å². The number of carbonyl (C=O) groups is 2. The topological polar surface area (TPSA) is 113 Å². The SMILES string of the molecule is CC(N)(CCN1CCOCC1)C(=O)c1cccc(C(=O)Nc2ccc(N3CCCCC3)cc2-c2cc(NCc3cccc(C(F)(F)F)c3)ccn2)c1. The fraction of sp³-hybridized carbons (Fsp3) is 0.375. The number of pyridine rings is 1. The van der Waals surface area contributed by atoms with E-state index in [1.165, 1.54) is 12.5 Å². The minimum absolute atomic E-state index is 0.176. The number of nitrogens with zero attached hydrogens (tertiary/aromatic N) is 3. The number of aromatic nitrogens is 1. The average molecular weight is 715 g/mol. The number of hydrogen-bond acceptors (Lipinski definition) is 8. The van der Waals surface area contributed by atoms with Gasteiger partial charge in [-0.25, -0.2) is 0 Å². The molecule has 9 nitrogen and oxygen atoms in total. The number of carbonyl (C=O) groups excluding carboxylic acids is 2. The number of ketones is 1. The molecule has 1 atom stereocenters. The number of Topliss-reactive ketones (excluding diaryl/α,β-unsaturated/α-hetero) is 1. The van der Waals surface area contributed by atoms with Crippen LogP contribution in [-0.2, 0) is 17.5 Å². The van der Waals surface area contributed by atoms with Crippen LogP contribution in [0.15, 0.2) is 85.1 Å². The third-order valence-electron chi connectivity index (χ3n) is 9.72. The Kier molecular flexibility index (Phi) is 11.6. The lowest BCUT2D eigenvalue weighted by Gasteiger charge is -2.30. The van der Waals surface area contributed by atoms with Gasteiger partial charge in [0.1, 0.15) is 0 Å². The number of rotatable bonds is 12. The number of anilines is 3. The van der Waals surface area contributed by atoms with Gasteiger partial charge in [0.05, 0.1) is 35.7 Å². The summed E-state index contributed by atoms with van der Waals surface area (Å²) in [7, 11) is 0. The molecular weight excluding hydrogens is 669 g/mol. The summed E-state index contributed by atoms with van der Waals surface area (Å²) in [6.07, 6.45) is 1.02. The van der Waals surface area contributed by atoms with E-state index in [9.17, 15) is 22.8 Å². The number of alkyl halides is 3. The van der Waals surface area contributed by atoms with Crippen LogP contribution in [0.2, 0.25) is 0 Å². The van der Waals surface area contributed by atoms with Gasteiger partial charge in [-0.05, 0) is 92.8 Å². The zero-order valence-electron chi connectivity index (χ0n) is 29.3. The summed E-state index contributed by atoms with van der Waals surface area (Å²) in [6, 6.07) is 21.2. The highest BCUT2D eigenvalue weighted by Crippen LogP contribution is 2.34. The minimum Gasteiger partial charge on any atom is -0.381 e. The fourth-order valence-electron chi connectivity index (χ4n) is 6.61. The normalized spacial score (nSPS) is 16.6. The second-order valence-electron chi connectivity index (χ2n) is 13.7. The molecule has 2 fully saturated rings. The van der Waals surface area contributed by atoms with Gasteiger partial charge in [0.2, 0.25) is 0 Å². The van der Waals surface area contributed by atoms with Crippen LogP contribution in [0.25, 0.3) is 11.3 Å². The van der Waals surface area contributed by atoms with Crippen LogP contribution in [0, 0.1) is 0 Å². The van der Waals surface area contributed by atoms with Crippen molar-refractivity contribution in [2.75, 3.05) is 61.5 Å². The van der Waals surface area contributed by atoms with Crippen LogP contribution in [0.4, 0.5) is 30.2 Å². The van der Waals surface area contributed by atoms with Gasteiger partial charge in [-0.2, -0.15) is 13.2 Å². The lowest BCUT2D eigenvalue weighted by Crippen LogP contribution is -2.48. The maximum Gasteiger partial charge on any atom is 0.416 e. The van der Waals surface area contributed by atoms with Gasteiger partial charge in [-0.3, -0.25) is 19.5 Å². The largest absolute Gasteiger partial charge is 0.416 e. The molecule has 4 aromatic rings. The molecule has 0 radical (unpaired) electrons. The summed E-state index contributed by atoms with van der Waals surface area (Å²) >= 11 is 0. The van der Waals surface area contributed by atoms with Crippen LogP contribution in [0.3, 0.4) is 0 Å². The zero-order chi connectivity index (χ0) is 36.7. The van der Waals surface area contributed by atoms with Gasteiger partial charge >= 0.3 is 6.18 Å². The van der Waals surface area contributed by atoms with Gasteiger partial charge in [0, 0.05) is 73.5 Å². The molecule has 0 bridgehead atoms. The lowest BCUT2D eigenvalue weighted by atomic mass is 9.88. The highest BCUT2D eigenvalue weighted by molar-refractivity contribution is 6.09. The third-order valence-corrected chi connectivity index (χ3v) is 9.72. The number of piperidine rings is 1. The second-order valence-corrected chi connectivity index (χ2v) is 13.7. The second kappa shape index (κ2) is 16.3. The molecular formula is C40H45F3N6O3. The van der Waals surface area contributed by atoms with Crippen molar-refractivity contribution in [3.8, 4) is 11.3 Å². The number of nitrogens with two attached hydrogens (primary N) is 1. The standard InChI is InChI=1S/C40H45F3N6O3/c1-39(44,14-18-48-19-21-52-22-20-48)37(50)29-8-6-9-30(24-29)38(51)47-35-12-11-33(49-16-3-2-4-17-49)26-34(35)36-25-32(13-15-45-36)46-27-28-7-5-10-31(23-28)40(41,42)43/h5-13,15,23-26H,2-4,14,16-22,27,44H2,1H3,(H,45,46)(H,47,51). The molecule has 6 rings (SSSR count). The maximum absolute atomic E-state index is 13.8. The zero-order valence-corrected chi connectivity index (χ0v) is 29.3. The number of hydrogen-bond donors (Lipinski definition) is 3. The van der Waals surface area contributed by atoms with Crippen molar-refractivity contribution in [1.82, 2.24) is 9.88 Å². The number of benzene rings is 3. The van der Waals surface area contributed by atoms with Gasteiger partial charge in [-0.1, -0.05) is 24.3 Å². The Morgan fingerprint density at radius 3 is 2.40 bits per heavy atom. The number of halogens is 3. The van der Waals surface area contributed by atoms with E-state index in [-0.39, 0.29) is 12.3 Å².